The molecule has 31 heavy (non-hydrogen) atoms. The van der Waals surface area contributed by atoms with Gasteiger partial charge in [0.1, 0.15) is 11.8 Å². The van der Waals surface area contributed by atoms with E-state index in [0.717, 1.165) is 69.8 Å². The van der Waals surface area contributed by atoms with Crippen molar-refractivity contribution in [2.24, 2.45) is 0 Å². The summed E-state index contributed by atoms with van der Waals surface area (Å²) in [5.74, 6) is -0.186. The molecule has 4 rings (SSSR count). The lowest BCUT2D eigenvalue weighted by Gasteiger charge is -2.26. The van der Waals surface area contributed by atoms with Crippen molar-refractivity contribution in [3.05, 3.63) is 53.1 Å². The number of aryl methyl sites for hydroxylation is 1. The third kappa shape index (κ3) is 5.60. The highest BCUT2D eigenvalue weighted by atomic mass is 16.5. The van der Waals surface area contributed by atoms with Crippen LogP contribution in [0, 0.1) is 11.3 Å². The summed E-state index contributed by atoms with van der Waals surface area (Å²) >= 11 is 0. The van der Waals surface area contributed by atoms with E-state index in [-0.39, 0.29) is 17.4 Å². The van der Waals surface area contributed by atoms with Gasteiger partial charge in [-0.05, 0) is 68.3 Å². The van der Waals surface area contributed by atoms with E-state index in [4.69, 9.17) is 10.00 Å². The summed E-state index contributed by atoms with van der Waals surface area (Å²) < 4.78 is 5.43. The highest BCUT2D eigenvalue weighted by Gasteiger charge is 2.17. The van der Waals surface area contributed by atoms with Gasteiger partial charge in [-0.3, -0.25) is 9.69 Å². The van der Waals surface area contributed by atoms with Crippen molar-refractivity contribution in [2.45, 2.75) is 38.5 Å². The van der Waals surface area contributed by atoms with Crippen molar-refractivity contribution in [3.63, 3.8) is 0 Å². The number of morpholine rings is 1. The first-order valence-electron chi connectivity index (χ1n) is 11.1. The third-order valence-electron chi connectivity index (χ3n) is 5.92. The Morgan fingerprint density at radius 3 is 2.90 bits per heavy atom. The monoisotopic (exact) mass is 419 g/mol. The smallest absolute Gasteiger partial charge is 0.291 e. The van der Waals surface area contributed by atoms with Gasteiger partial charge in [0.15, 0.2) is 5.82 Å². The Kier molecular flexibility index (Phi) is 7.13. The molecule has 1 aromatic carbocycles. The molecule has 0 atom stereocenters. The lowest BCUT2D eigenvalue weighted by molar-refractivity contribution is 0.0374. The molecule has 7 nitrogen and oxygen atoms in total. The number of carbonyl (C=O) groups is 1. The second-order valence-electron chi connectivity index (χ2n) is 8.12. The fourth-order valence-corrected chi connectivity index (χ4v) is 4.21. The number of ether oxygens (including phenoxy) is 1. The predicted octanol–water partition coefficient (Wildman–Crippen LogP) is 3.76. The number of carbonyl (C=O) groups excluding carboxylic acids is 1. The fraction of sp³-hybridized carbons (Fsp3) is 0.458. The molecule has 0 radical (unpaired) electrons. The molecule has 1 saturated heterocycles. The maximum Gasteiger partial charge on any atom is 0.291 e. The molecular weight excluding hydrogens is 390 g/mol. The van der Waals surface area contributed by atoms with Crippen molar-refractivity contribution in [3.8, 4) is 6.07 Å². The van der Waals surface area contributed by atoms with Crippen LogP contribution in [-0.2, 0) is 11.2 Å². The Bertz CT molecular complexity index is 982. The van der Waals surface area contributed by atoms with E-state index in [9.17, 15) is 4.79 Å². The van der Waals surface area contributed by atoms with Gasteiger partial charge in [0.05, 0.1) is 19.4 Å². The molecule has 2 aromatic rings. The van der Waals surface area contributed by atoms with Gasteiger partial charge >= 0.3 is 0 Å². The zero-order chi connectivity index (χ0) is 21.5. The number of nitrogens with one attached hydrogen (secondary N) is 2. The van der Waals surface area contributed by atoms with Gasteiger partial charge in [0.2, 0.25) is 0 Å². The van der Waals surface area contributed by atoms with Gasteiger partial charge in [-0.1, -0.05) is 12.1 Å². The third-order valence-corrected chi connectivity index (χ3v) is 5.92. The van der Waals surface area contributed by atoms with Gasteiger partial charge < -0.3 is 15.0 Å². The van der Waals surface area contributed by atoms with Crippen LogP contribution in [0.25, 0.3) is 5.57 Å². The van der Waals surface area contributed by atoms with Gasteiger partial charge in [-0.25, -0.2) is 4.98 Å². The summed E-state index contributed by atoms with van der Waals surface area (Å²) in [4.78, 5) is 21.9. The van der Waals surface area contributed by atoms with Crippen molar-refractivity contribution in [1.82, 2.24) is 14.9 Å². The molecule has 1 aliphatic carbocycles. The molecule has 7 heteroatoms. The van der Waals surface area contributed by atoms with Crippen LogP contribution in [0.4, 0.5) is 5.69 Å². The van der Waals surface area contributed by atoms with Crippen LogP contribution in [0.2, 0.25) is 0 Å². The van der Waals surface area contributed by atoms with E-state index < -0.39 is 0 Å². The van der Waals surface area contributed by atoms with Gasteiger partial charge in [0.25, 0.3) is 5.91 Å². The zero-order valence-electron chi connectivity index (χ0n) is 17.8. The van der Waals surface area contributed by atoms with Gasteiger partial charge in [0, 0.05) is 24.3 Å². The zero-order valence-corrected chi connectivity index (χ0v) is 17.8. The number of imidazole rings is 1. The van der Waals surface area contributed by atoms with Gasteiger partial charge in [-0.15, -0.1) is 0 Å². The first kappa shape index (κ1) is 21.3. The lowest BCUT2D eigenvalue weighted by Crippen LogP contribution is -2.36. The van der Waals surface area contributed by atoms with Crippen molar-refractivity contribution >= 4 is 17.2 Å². The number of rotatable bonds is 7. The number of allylic oxidation sites excluding steroid dienone is 2. The number of benzene rings is 1. The minimum absolute atomic E-state index is 0.148. The summed E-state index contributed by atoms with van der Waals surface area (Å²) in [7, 11) is 0. The van der Waals surface area contributed by atoms with Crippen LogP contribution in [-0.4, -0.2) is 53.6 Å². The second kappa shape index (κ2) is 10.4. The van der Waals surface area contributed by atoms with Crippen LogP contribution in [0.15, 0.2) is 30.5 Å². The van der Waals surface area contributed by atoms with E-state index in [0.29, 0.717) is 0 Å². The Balaban J connectivity index is 1.48. The van der Waals surface area contributed by atoms with E-state index in [1.165, 1.54) is 30.2 Å². The summed E-state index contributed by atoms with van der Waals surface area (Å²) in [6.07, 6.45) is 10.3. The summed E-state index contributed by atoms with van der Waals surface area (Å²) in [6.45, 7) is 4.78. The van der Waals surface area contributed by atoms with Crippen LogP contribution in [0.1, 0.15) is 59.5 Å². The highest BCUT2D eigenvalue weighted by molar-refractivity contribution is 6.03. The van der Waals surface area contributed by atoms with E-state index >= 15 is 0 Å². The molecule has 0 spiro atoms. The van der Waals surface area contributed by atoms with Crippen LogP contribution in [0.3, 0.4) is 0 Å². The molecule has 0 saturated carbocycles. The molecule has 2 heterocycles. The first-order valence-corrected chi connectivity index (χ1v) is 11.1. The summed E-state index contributed by atoms with van der Waals surface area (Å²) in [5, 5.41) is 11.9. The number of nitrogens with zero attached hydrogens (tertiary/aromatic N) is 3. The standard InChI is InChI=1S/C24H29N5O2/c25-16-20-17-26-23(27-20)24(30)28-22-9-8-18(5-4-10-29-11-13-31-14-12-29)15-21(22)19-6-2-1-3-7-19/h6,8-9,15,17H,1-5,7,10-14H2,(H,26,27)(H,28,30). The molecule has 2 N–H and O–H groups in total. The maximum absolute atomic E-state index is 12.7. The Labute approximate surface area is 183 Å². The number of nitriles is 1. The molecule has 2 aliphatic rings. The normalized spacial score (nSPS) is 17.1. The van der Waals surface area contributed by atoms with Crippen LogP contribution < -0.4 is 5.32 Å². The van der Waals surface area contributed by atoms with Gasteiger partial charge in [-0.2, -0.15) is 5.26 Å². The van der Waals surface area contributed by atoms with Crippen LogP contribution >= 0.6 is 0 Å². The Morgan fingerprint density at radius 1 is 1.29 bits per heavy atom. The topological polar surface area (TPSA) is 94.0 Å². The molecule has 162 valence electrons. The Morgan fingerprint density at radius 2 is 2.16 bits per heavy atom. The average molecular weight is 420 g/mol. The molecule has 0 bridgehead atoms. The first-order chi connectivity index (χ1) is 15.2. The molecular formula is C24H29N5O2. The van der Waals surface area contributed by atoms with Crippen molar-refractivity contribution in [1.29, 1.82) is 5.26 Å². The molecule has 1 aliphatic heterocycles. The number of hydrogen-bond donors (Lipinski definition) is 2. The lowest BCUT2D eigenvalue weighted by atomic mass is 9.91. The predicted molar refractivity (Wildman–Crippen MR) is 120 cm³/mol. The minimum Gasteiger partial charge on any atom is -0.379 e. The number of amides is 1. The highest BCUT2D eigenvalue weighted by Crippen LogP contribution is 2.33. The summed E-state index contributed by atoms with van der Waals surface area (Å²) in [6, 6.07) is 8.30. The largest absolute Gasteiger partial charge is 0.379 e. The molecule has 0 unspecified atom stereocenters. The van der Waals surface area contributed by atoms with Crippen molar-refractivity contribution < 1.29 is 9.53 Å². The second-order valence-corrected chi connectivity index (χ2v) is 8.12. The molecule has 1 aromatic heterocycles. The average Bonchev–Trinajstić information content (AvgIpc) is 3.31. The minimum atomic E-state index is -0.334. The SMILES string of the molecule is N#Cc1cnc(C(=O)Nc2ccc(CCCN3CCOCC3)cc2C2=CCCCC2)[nH]1. The molecule has 1 amide bonds. The van der Waals surface area contributed by atoms with E-state index in [1.807, 2.05) is 12.1 Å². The fourth-order valence-electron chi connectivity index (χ4n) is 4.21. The van der Waals surface area contributed by atoms with E-state index in [1.54, 1.807) is 0 Å². The number of aromatic nitrogens is 2. The summed E-state index contributed by atoms with van der Waals surface area (Å²) in [5.41, 5.74) is 4.76. The van der Waals surface area contributed by atoms with Crippen LogP contribution in [0.5, 0.6) is 0 Å². The number of hydrogen-bond acceptors (Lipinski definition) is 5. The van der Waals surface area contributed by atoms with Crippen molar-refractivity contribution in [2.75, 3.05) is 38.2 Å². The quantitative estimate of drug-likeness (QED) is 0.713. The number of aromatic amines is 1. The van der Waals surface area contributed by atoms with E-state index in [2.05, 4.69) is 38.4 Å². The number of H-pyrrole nitrogens is 1. The molecule has 1 fully saturated rings. The number of anilines is 1. The Hall–Kier alpha value is -2.95. The maximum atomic E-state index is 12.7.